The van der Waals surface area contributed by atoms with Crippen LogP contribution in [-0.4, -0.2) is 55.4 Å². The van der Waals surface area contributed by atoms with Gasteiger partial charge in [-0.05, 0) is 68.9 Å². The number of hydrogen-bond acceptors (Lipinski definition) is 7. The summed E-state index contributed by atoms with van der Waals surface area (Å²) in [6, 6.07) is 15.1. The molecule has 2 atom stereocenters. The molecule has 6 aromatic rings. The highest BCUT2D eigenvalue weighted by atomic mass is 16.6. The maximum absolute atomic E-state index is 13.3. The monoisotopic (exact) mass is 644 g/mol. The lowest BCUT2D eigenvalue weighted by Crippen LogP contribution is -2.52. The first-order chi connectivity index (χ1) is 23.1. The first kappa shape index (κ1) is 30.1. The third-order valence-electron chi connectivity index (χ3n) is 9.30. The van der Waals surface area contributed by atoms with Gasteiger partial charge in [0.05, 0.1) is 33.7 Å². The summed E-state index contributed by atoms with van der Waals surface area (Å²) in [5, 5.41) is 23.2. The van der Waals surface area contributed by atoms with E-state index in [0.29, 0.717) is 24.1 Å². The Morgan fingerprint density at radius 2 is 1.83 bits per heavy atom. The van der Waals surface area contributed by atoms with E-state index in [1.165, 1.54) is 5.56 Å². The molecule has 0 fully saturated rings. The standard InChI is InChI=1S/C37H36N6O5/c1-37(2,3)48-36(47)41-25(16-19-7-5-13-38-17-19)33(44)39-18-20-11-12-22-24(15-20)40-30-26(22)28-29(35(46)42-34(28)45)27-23-10-4-8-21-9-6-14-43(31(21)23)32(27)30/h4-5,7-8,10-13,15,17,25,33,39-40,44H,6,9,14,16,18H2,1-3H3,(H,41,47)(H,42,45,46). The van der Waals surface area contributed by atoms with Crippen LogP contribution in [0, 0.1) is 0 Å². The topological polar surface area (TPSA) is 150 Å². The Hall–Kier alpha value is -5.26. The number of benzene rings is 3. The third-order valence-corrected chi connectivity index (χ3v) is 9.30. The number of ether oxygens (including phenoxy) is 1. The Morgan fingerprint density at radius 1 is 1.02 bits per heavy atom. The Morgan fingerprint density at radius 3 is 2.60 bits per heavy atom. The van der Waals surface area contributed by atoms with E-state index in [1.807, 2.05) is 42.5 Å². The molecule has 48 heavy (non-hydrogen) atoms. The molecule has 0 saturated carbocycles. The van der Waals surface area contributed by atoms with Gasteiger partial charge in [0.1, 0.15) is 11.8 Å². The molecule has 2 unspecified atom stereocenters. The number of aliphatic hydroxyl groups excluding tert-OH is 1. The summed E-state index contributed by atoms with van der Waals surface area (Å²) in [5.74, 6) is -0.753. The van der Waals surface area contributed by atoms with Crippen LogP contribution < -0.4 is 16.0 Å². The number of hydrogen-bond donors (Lipinski definition) is 5. The number of aromatic amines is 1. The molecular formula is C37H36N6O5. The number of aryl methyl sites for hydroxylation is 2. The Kier molecular flexibility index (Phi) is 7.01. The predicted octanol–water partition coefficient (Wildman–Crippen LogP) is 5.20. The molecule has 244 valence electrons. The number of imide groups is 1. The average Bonchev–Trinajstić information content (AvgIpc) is 3.68. The number of pyridine rings is 1. The van der Waals surface area contributed by atoms with Gasteiger partial charge in [0.25, 0.3) is 11.8 Å². The van der Waals surface area contributed by atoms with Crippen molar-refractivity contribution in [3.8, 4) is 0 Å². The van der Waals surface area contributed by atoms with Crippen molar-refractivity contribution in [1.82, 2.24) is 30.5 Å². The maximum atomic E-state index is 13.3. The van der Waals surface area contributed by atoms with Crippen LogP contribution in [0.15, 0.2) is 60.9 Å². The van der Waals surface area contributed by atoms with E-state index in [9.17, 15) is 19.5 Å². The van der Waals surface area contributed by atoms with Crippen LogP contribution in [0.2, 0.25) is 0 Å². The van der Waals surface area contributed by atoms with E-state index in [4.69, 9.17) is 4.74 Å². The van der Waals surface area contributed by atoms with E-state index >= 15 is 0 Å². The molecule has 0 aliphatic carbocycles. The third kappa shape index (κ3) is 4.97. The number of rotatable bonds is 7. The van der Waals surface area contributed by atoms with Crippen molar-refractivity contribution in [3.05, 3.63) is 88.7 Å². The van der Waals surface area contributed by atoms with Gasteiger partial charge in [0.15, 0.2) is 0 Å². The van der Waals surface area contributed by atoms with E-state index in [0.717, 1.165) is 74.1 Å². The minimum absolute atomic E-state index is 0.294. The minimum Gasteiger partial charge on any atom is -0.444 e. The number of alkyl carbamates (subject to hydrolysis) is 1. The zero-order chi connectivity index (χ0) is 33.3. The molecule has 5 N–H and O–H groups in total. The second-order valence-corrected chi connectivity index (χ2v) is 13.7. The number of aromatic nitrogens is 3. The number of fused-ring (bicyclic) bond motifs is 10. The fraction of sp³-hybridized carbons (Fsp3) is 0.297. The van der Waals surface area contributed by atoms with E-state index in [2.05, 4.69) is 36.6 Å². The molecule has 0 saturated heterocycles. The van der Waals surface area contributed by atoms with Gasteiger partial charge in [-0.25, -0.2) is 4.79 Å². The van der Waals surface area contributed by atoms with Gasteiger partial charge in [0.2, 0.25) is 0 Å². The molecule has 2 aliphatic rings. The number of amides is 3. The highest BCUT2D eigenvalue weighted by molar-refractivity contribution is 6.39. The number of nitrogens with zero attached hydrogens (tertiary/aromatic N) is 2. The number of para-hydroxylation sites is 1. The zero-order valence-electron chi connectivity index (χ0n) is 26.9. The molecule has 11 nitrogen and oxygen atoms in total. The lowest BCUT2D eigenvalue weighted by molar-refractivity contribution is 0.0374. The summed E-state index contributed by atoms with van der Waals surface area (Å²) >= 11 is 0. The van der Waals surface area contributed by atoms with Gasteiger partial charge in [-0.1, -0.05) is 36.4 Å². The molecule has 8 rings (SSSR count). The van der Waals surface area contributed by atoms with E-state index in [-0.39, 0.29) is 11.8 Å². The summed E-state index contributed by atoms with van der Waals surface area (Å²) < 4.78 is 7.76. The summed E-state index contributed by atoms with van der Waals surface area (Å²) in [7, 11) is 0. The molecular weight excluding hydrogens is 608 g/mol. The Balaban J connectivity index is 1.16. The second-order valence-electron chi connectivity index (χ2n) is 13.7. The molecule has 2 aliphatic heterocycles. The van der Waals surface area contributed by atoms with Crippen LogP contribution in [-0.2, 0) is 30.7 Å². The molecule has 11 heteroatoms. The number of aliphatic hydroxyl groups is 1. The minimum atomic E-state index is -1.11. The van der Waals surface area contributed by atoms with Crippen molar-refractivity contribution >= 4 is 61.5 Å². The van der Waals surface area contributed by atoms with Gasteiger partial charge in [-0.15, -0.1) is 0 Å². The van der Waals surface area contributed by atoms with E-state index < -0.39 is 24.0 Å². The predicted molar refractivity (Wildman–Crippen MR) is 183 cm³/mol. The van der Waals surface area contributed by atoms with E-state index in [1.54, 1.807) is 33.2 Å². The summed E-state index contributed by atoms with van der Waals surface area (Å²) in [5.41, 5.74) is 6.84. The van der Waals surface area contributed by atoms with Gasteiger partial charge in [-0.3, -0.25) is 25.2 Å². The van der Waals surface area contributed by atoms with Crippen LogP contribution in [0.4, 0.5) is 4.79 Å². The van der Waals surface area contributed by atoms with Gasteiger partial charge in [0, 0.05) is 52.5 Å². The van der Waals surface area contributed by atoms with Gasteiger partial charge >= 0.3 is 6.09 Å². The molecule has 3 aromatic heterocycles. The number of carbonyl (C=O) groups excluding carboxylic acids is 3. The van der Waals surface area contributed by atoms with Crippen molar-refractivity contribution in [2.45, 2.75) is 71.0 Å². The normalized spacial score (nSPS) is 15.7. The maximum Gasteiger partial charge on any atom is 0.408 e. The molecule has 0 radical (unpaired) electrons. The lowest BCUT2D eigenvalue weighted by atomic mass is 9.96. The van der Waals surface area contributed by atoms with Crippen molar-refractivity contribution in [2.24, 2.45) is 0 Å². The summed E-state index contributed by atoms with van der Waals surface area (Å²) in [6.45, 7) is 6.47. The number of H-pyrrole nitrogens is 1. The lowest BCUT2D eigenvalue weighted by Gasteiger charge is -2.27. The van der Waals surface area contributed by atoms with Crippen molar-refractivity contribution in [1.29, 1.82) is 0 Å². The first-order valence-corrected chi connectivity index (χ1v) is 16.3. The second kappa shape index (κ2) is 11.2. The molecule has 0 bridgehead atoms. The molecule has 3 amide bonds. The highest BCUT2D eigenvalue weighted by Crippen LogP contribution is 2.45. The van der Waals surface area contributed by atoms with Crippen LogP contribution in [0.3, 0.4) is 0 Å². The Labute approximate surface area is 275 Å². The summed E-state index contributed by atoms with van der Waals surface area (Å²) in [4.78, 5) is 47.1. The fourth-order valence-electron chi connectivity index (χ4n) is 7.41. The average molecular weight is 645 g/mol. The highest BCUT2D eigenvalue weighted by Gasteiger charge is 2.36. The fourth-order valence-corrected chi connectivity index (χ4v) is 7.41. The van der Waals surface area contributed by atoms with Crippen molar-refractivity contribution < 1.29 is 24.2 Å². The number of nitrogens with one attached hydrogen (secondary N) is 4. The largest absolute Gasteiger partial charge is 0.444 e. The van der Waals surface area contributed by atoms with Gasteiger partial charge < -0.3 is 24.7 Å². The van der Waals surface area contributed by atoms with Crippen LogP contribution >= 0.6 is 0 Å². The molecule has 0 spiro atoms. The summed E-state index contributed by atoms with van der Waals surface area (Å²) in [6.07, 6.45) is 3.93. The zero-order valence-corrected chi connectivity index (χ0v) is 26.9. The van der Waals surface area contributed by atoms with Crippen molar-refractivity contribution in [2.75, 3.05) is 0 Å². The van der Waals surface area contributed by atoms with Crippen LogP contribution in [0.1, 0.15) is 64.6 Å². The van der Waals surface area contributed by atoms with Crippen LogP contribution in [0.5, 0.6) is 0 Å². The quantitative estimate of drug-likeness (QED) is 0.118. The smallest absolute Gasteiger partial charge is 0.408 e. The molecule has 3 aromatic carbocycles. The Bertz CT molecular complexity index is 2300. The SMILES string of the molecule is CC(C)(C)OC(=O)NC(Cc1cccnc1)C(O)NCc1ccc2c(c1)[nH]c1c2c2c(c3c4cccc5c4n(c13)CCC5)C(=O)NC2=O. The first-order valence-electron chi connectivity index (χ1n) is 16.3. The van der Waals surface area contributed by atoms with Crippen LogP contribution in [0.25, 0.3) is 43.6 Å². The van der Waals surface area contributed by atoms with Gasteiger partial charge in [-0.2, -0.15) is 0 Å². The number of carbonyl (C=O) groups is 3. The molecule has 5 heterocycles. The van der Waals surface area contributed by atoms with Crippen molar-refractivity contribution in [3.63, 3.8) is 0 Å².